The Morgan fingerprint density at radius 1 is 0.542 bits per heavy atom. The van der Waals surface area contributed by atoms with E-state index < -0.39 is 7.92 Å². The second kappa shape index (κ2) is 6.55. The van der Waals surface area contributed by atoms with Gasteiger partial charge in [0.25, 0.3) is 0 Å². The molecule has 24 heavy (non-hydrogen) atoms. The molecule has 0 saturated heterocycles. The molecule has 0 heterocycles. The fraction of sp³-hybridized carbons (Fsp3) is 0. The van der Waals surface area contributed by atoms with Gasteiger partial charge in [-0.2, -0.15) is 0 Å². The van der Waals surface area contributed by atoms with Crippen LogP contribution in [0.15, 0.2) is 97.1 Å². The Kier molecular flexibility index (Phi) is 4.11. The molecule has 0 amide bonds. The predicted molar refractivity (Wildman–Crippen MR) is 103 cm³/mol. The molecule has 0 saturated carbocycles. The first kappa shape index (κ1) is 15.1. The van der Waals surface area contributed by atoms with Gasteiger partial charge in [-0.25, -0.2) is 4.39 Å². The second-order valence-corrected chi connectivity index (χ2v) is 7.81. The molecule has 0 aliphatic heterocycles. The molecule has 116 valence electrons. The molecular formula is C22H16FP. The Morgan fingerprint density at radius 2 is 1.08 bits per heavy atom. The van der Waals surface area contributed by atoms with Crippen LogP contribution in [0.25, 0.3) is 10.8 Å². The standard InChI is InChI=1S/C22H16FP/c23-20-15-7-9-17-10-8-16-21(22(17)20)24(18-11-3-1-4-12-18)19-13-5-2-6-14-19/h1-16H. The van der Waals surface area contributed by atoms with Gasteiger partial charge < -0.3 is 0 Å². The Balaban J connectivity index is 2.02. The smallest absolute Gasteiger partial charge is 0.131 e. The van der Waals surface area contributed by atoms with E-state index in [2.05, 4.69) is 54.6 Å². The summed E-state index contributed by atoms with van der Waals surface area (Å²) in [5.41, 5.74) is 0. The van der Waals surface area contributed by atoms with Crippen LogP contribution in [0.3, 0.4) is 0 Å². The van der Waals surface area contributed by atoms with Gasteiger partial charge in [-0.05, 0) is 35.3 Å². The van der Waals surface area contributed by atoms with Crippen molar-refractivity contribution in [2.75, 3.05) is 0 Å². The van der Waals surface area contributed by atoms with E-state index in [1.54, 1.807) is 12.1 Å². The first-order valence-corrected chi connectivity index (χ1v) is 9.26. The fourth-order valence-electron chi connectivity index (χ4n) is 3.04. The molecule has 0 bridgehead atoms. The maximum absolute atomic E-state index is 14.6. The van der Waals surface area contributed by atoms with E-state index in [9.17, 15) is 4.39 Å². The van der Waals surface area contributed by atoms with Gasteiger partial charge in [0, 0.05) is 5.39 Å². The van der Waals surface area contributed by atoms with Gasteiger partial charge in [-0.15, -0.1) is 0 Å². The summed E-state index contributed by atoms with van der Waals surface area (Å²) in [6, 6.07) is 32.2. The Bertz CT molecular complexity index is 920. The SMILES string of the molecule is Fc1cccc2cccc(P(c3ccccc3)c3ccccc3)c12. The highest BCUT2D eigenvalue weighted by atomic mass is 31.1. The lowest BCUT2D eigenvalue weighted by molar-refractivity contribution is 0.640. The highest BCUT2D eigenvalue weighted by Gasteiger charge is 2.19. The zero-order valence-corrected chi connectivity index (χ0v) is 14.0. The van der Waals surface area contributed by atoms with Crippen molar-refractivity contribution in [3.63, 3.8) is 0 Å². The molecule has 0 nitrogen and oxygen atoms in total. The lowest BCUT2D eigenvalue weighted by atomic mass is 10.1. The van der Waals surface area contributed by atoms with Gasteiger partial charge in [0.1, 0.15) is 5.82 Å². The summed E-state index contributed by atoms with van der Waals surface area (Å²) in [6.45, 7) is 0. The molecule has 0 spiro atoms. The van der Waals surface area contributed by atoms with E-state index in [-0.39, 0.29) is 5.82 Å². The van der Waals surface area contributed by atoms with Crippen LogP contribution in [0.4, 0.5) is 4.39 Å². The molecule has 4 aromatic carbocycles. The van der Waals surface area contributed by atoms with Crippen LogP contribution in [0.5, 0.6) is 0 Å². The van der Waals surface area contributed by atoms with E-state index in [1.807, 2.05) is 30.3 Å². The summed E-state index contributed by atoms with van der Waals surface area (Å²) in [5.74, 6) is -0.150. The third-order valence-electron chi connectivity index (χ3n) is 4.10. The highest BCUT2D eigenvalue weighted by molar-refractivity contribution is 7.80. The van der Waals surface area contributed by atoms with Crippen molar-refractivity contribution in [1.29, 1.82) is 0 Å². The topological polar surface area (TPSA) is 0 Å². The van der Waals surface area contributed by atoms with Crippen molar-refractivity contribution in [2.24, 2.45) is 0 Å². The molecule has 0 fully saturated rings. The average Bonchev–Trinajstić information content (AvgIpc) is 2.64. The number of fused-ring (bicyclic) bond motifs is 1. The van der Waals surface area contributed by atoms with Crippen LogP contribution < -0.4 is 15.9 Å². The third-order valence-corrected chi connectivity index (χ3v) is 6.59. The van der Waals surface area contributed by atoms with Gasteiger partial charge in [-0.3, -0.25) is 0 Å². The quantitative estimate of drug-likeness (QED) is 0.476. The summed E-state index contributed by atoms with van der Waals surface area (Å²) in [7, 11) is -0.802. The number of hydrogen-bond donors (Lipinski definition) is 0. The van der Waals surface area contributed by atoms with Crippen LogP contribution in [0, 0.1) is 5.82 Å². The lowest BCUT2D eigenvalue weighted by Crippen LogP contribution is -2.21. The summed E-state index contributed by atoms with van der Waals surface area (Å²) >= 11 is 0. The first-order valence-electron chi connectivity index (χ1n) is 7.92. The molecule has 2 heteroatoms. The Hall–Kier alpha value is -2.50. The second-order valence-electron chi connectivity index (χ2n) is 5.62. The number of benzene rings is 4. The molecular weight excluding hydrogens is 314 g/mol. The molecule has 0 N–H and O–H groups in total. The number of rotatable bonds is 3. The molecule has 0 aromatic heterocycles. The normalized spacial score (nSPS) is 11.1. The molecule has 0 aliphatic rings. The van der Waals surface area contributed by atoms with Crippen LogP contribution in [0.2, 0.25) is 0 Å². The lowest BCUT2D eigenvalue weighted by Gasteiger charge is -2.21. The highest BCUT2D eigenvalue weighted by Crippen LogP contribution is 2.36. The molecule has 0 atom stereocenters. The number of hydrogen-bond acceptors (Lipinski definition) is 0. The molecule has 4 aromatic rings. The maximum Gasteiger partial charge on any atom is 0.131 e. The Labute approximate surface area is 142 Å². The van der Waals surface area contributed by atoms with E-state index >= 15 is 0 Å². The molecule has 0 unspecified atom stereocenters. The minimum atomic E-state index is -0.802. The monoisotopic (exact) mass is 330 g/mol. The van der Waals surface area contributed by atoms with E-state index in [0.717, 1.165) is 16.1 Å². The number of halogens is 1. The predicted octanol–water partition coefficient (Wildman–Crippen LogP) is 4.74. The average molecular weight is 330 g/mol. The van der Waals surface area contributed by atoms with Crippen LogP contribution >= 0.6 is 7.92 Å². The van der Waals surface area contributed by atoms with Crippen LogP contribution in [0.1, 0.15) is 0 Å². The summed E-state index contributed by atoms with van der Waals surface area (Å²) < 4.78 is 14.6. The van der Waals surface area contributed by atoms with Crippen molar-refractivity contribution in [3.05, 3.63) is 103 Å². The molecule has 0 aliphatic carbocycles. The zero-order valence-electron chi connectivity index (χ0n) is 13.1. The van der Waals surface area contributed by atoms with Crippen LogP contribution in [-0.4, -0.2) is 0 Å². The molecule has 0 radical (unpaired) electrons. The van der Waals surface area contributed by atoms with Gasteiger partial charge in [0.2, 0.25) is 0 Å². The van der Waals surface area contributed by atoms with Gasteiger partial charge >= 0.3 is 0 Å². The van der Waals surface area contributed by atoms with Crippen molar-refractivity contribution in [3.8, 4) is 0 Å². The minimum absolute atomic E-state index is 0.150. The van der Waals surface area contributed by atoms with Crippen molar-refractivity contribution in [1.82, 2.24) is 0 Å². The summed E-state index contributed by atoms with van der Waals surface area (Å²) in [6.07, 6.45) is 0. The van der Waals surface area contributed by atoms with Crippen LogP contribution in [-0.2, 0) is 0 Å². The maximum atomic E-state index is 14.6. The van der Waals surface area contributed by atoms with Gasteiger partial charge in [0.05, 0.1) is 0 Å². The first-order chi connectivity index (χ1) is 11.8. The van der Waals surface area contributed by atoms with Gasteiger partial charge in [-0.1, -0.05) is 91.0 Å². The summed E-state index contributed by atoms with van der Waals surface area (Å²) in [5, 5.41) is 5.22. The van der Waals surface area contributed by atoms with E-state index in [4.69, 9.17) is 0 Å². The Morgan fingerprint density at radius 3 is 1.67 bits per heavy atom. The third kappa shape index (κ3) is 2.72. The zero-order chi connectivity index (χ0) is 16.4. The van der Waals surface area contributed by atoms with Crippen molar-refractivity contribution in [2.45, 2.75) is 0 Å². The minimum Gasteiger partial charge on any atom is -0.206 e. The summed E-state index contributed by atoms with van der Waals surface area (Å²) in [4.78, 5) is 0. The molecule has 4 rings (SSSR count). The van der Waals surface area contributed by atoms with Gasteiger partial charge in [0.15, 0.2) is 0 Å². The van der Waals surface area contributed by atoms with Crippen molar-refractivity contribution < 1.29 is 4.39 Å². The van der Waals surface area contributed by atoms with E-state index in [1.165, 1.54) is 10.6 Å². The van der Waals surface area contributed by atoms with E-state index in [0.29, 0.717) is 0 Å². The largest absolute Gasteiger partial charge is 0.206 e. The fourth-order valence-corrected chi connectivity index (χ4v) is 5.53. The van der Waals surface area contributed by atoms with Crippen molar-refractivity contribution >= 4 is 34.6 Å².